The van der Waals surface area contributed by atoms with Crippen LogP contribution in [-0.2, 0) is 16.1 Å². The summed E-state index contributed by atoms with van der Waals surface area (Å²) in [4.78, 5) is 29.0. The lowest BCUT2D eigenvalue weighted by atomic mass is 10.1. The molecule has 0 saturated heterocycles. The number of carbonyl (C=O) groups is 2. The molecule has 0 aliphatic heterocycles. The molecule has 1 aromatic heterocycles. The van der Waals surface area contributed by atoms with E-state index in [2.05, 4.69) is 15.6 Å². The molecule has 1 heterocycles. The molecular weight excluding hydrogens is 436 g/mol. The van der Waals surface area contributed by atoms with Crippen LogP contribution in [0.15, 0.2) is 61.2 Å². The van der Waals surface area contributed by atoms with E-state index in [1.807, 2.05) is 29.7 Å². The van der Waals surface area contributed by atoms with Crippen molar-refractivity contribution in [3.63, 3.8) is 0 Å². The van der Waals surface area contributed by atoms with E-state index in [1.165, 1.54) is 0 Å². The molecule has 0 bridgehead atoms. The molecule has 180 valence electrons. The van der Waals surface area contributed by atoms with Crippen molar-refractivity contribution < 1.29 is 23.8 Å². The minimum absolute atomic E-state index is 0.139. The molecule has 0 saturated carbocycles. The Balaban J connectivity index is 1.58. The van der Waals surface area contributed by atoms with Crippen LogP contribution in [0.25, 0.3) is 0 Å². The summed E-state index contributed by atoms with van der Waals surface area (Å²) in [5, 5.41) is 5.82. The number of carbonyl (C=O) groups excluding carboxylic acids is 2. The van der Waals surface area contributed by atoms with Gasteiger partial charge in [-0.05, 0) is 42.8 Å². The number of ether oxygens (including phenoxy) is 3. The lowest BCUT2D eigenvalue weighted by Gasteiger charge is -2.17. The first-order valence-corrected chi connectivity index (χ1v) is 11.0. The number of aryl methyl sites for hydroxylation is 1. The molecule has 9 heteroatoms. The highest BCUT2D eigenvalue weighted by atomic mass is 16.5. The minimum atomic E-state index is -0.275. The van der Waals surface area contributed by atoms with Gasteiger partial charge in [-0.3, -0.25) is 9.59 Å². The van der Waals surface area contributed by atoms with Gasteiger partial charge in [0.1, 0.15) is 6.61 Å². The lowest BCUT2D eigenvalue weighted by Crippen LogP contribution is -2.26. The van der Waals surface area contributed by atoms with Crippen molar-refractivity contribution in [3.05, 3.63) is 72.3 Å². The third-order valence-electron chi connectivity index (χ3n) is 5.15. The highest BCUT2D eigenvalue weighted by molar-refractivity contribution is 5.97. The molecule has 3 aromatic rings. The number of amides is 2. The van der Waals surface area contributed by atoms with Gasteiger partial charge in [0.2, 0.25) is 5.91 Å². The Morgan fingerprint density at radius 3 is 2.68 bits per heavy atom. The van der Waals surface area contributed by atoms with E-state index < -0.39 is 0 Å². The normalized spacial score (nSPS) is 11.5. The Bertz CT molecular complexity index is 1080. The molecule has 0 fully saturated rings. The average molecular weight is 467 g/mol. The molecule has 2 amide bonds. The molecule has 0 aliphatic rings. The third-order valence-corrected chi connectivity index (χ3v) is 5.15. The topological polar surface area (TPSA) is 104 Å². The first-order chi connectivity index (χ1) is 16.5. The highest BCUT2D eigenvalue weighted by Crippen LogP contribution is 2.30. The highest BCUT2D eigenvalue weighted by Gasteiger charge is 2.15. The van der Waals surface area contributed by atoms with Gasteiger partial charge >= 0.3 is 0 Å². The molecule has 1 atom stereocenters. The van der Waals surface area contributed by atoms with Crippen LogP contribution in [0.3, 0.4) is 0 Å². The Morgan fingerprint density at radius 1 is 1.09 bits per heavy atom. The molecule has 0 radical (unpaired) electrons. The predicted octanol–water partition coefficient (Wildman–Crippen LogP) is 3.44. The number of nitrogens with one attached hydrogen (secondary N) is 2. The average Bonchev–Trinajstić information content (AvgIpc) is 3.37. The number of anilines is 1. The number of benzene rings is 2. The maximum Gasteiger partial charge on any atom is 0.251 e. The van der Waals surface area contributed by atoms with Gasteiger partial charge in [-0.15, -0.1) is 0 Å². The molecule has 0 spiro atoms. The molecule has 3 rings (SSSR count). The van der Waals surface area contributed by atoms with Gasteiger partial charge in [0.15, 0.2) is 11.5 Å². The lowest BCUT2D eigenvalue weighted by molar-refractivity contribution is -0.116. The Kier molecular flexibility index (Phi) is 9.04. The van der Waals surface area contributed by atoms with E-state index in [-0.39, 0.29) is 17.9 Å². The fourth-order valence-electron chi connectivity index (χ4n) is 3.28. The summed E-state index contributed by atoms with van der Waals surface area (Å²) in [6, 6.07) is 12.1. The van der Waals surface area contributed by atoms with E-state index in [9.17, 15) is 9.59 Å². The van der Waals surface area contributed by atoms with Gasteiger partial charge in [-0.2, -0.15) is 0 Å². The molecule has 34 heavy (non-hydrogen) atoms. The third kappa shape index (κ3) is 7.08. The number of imidazole rings is 1. The van der Waals surface area contributed by atoms with E-state index in [0.717, 1.165) is 5.56 Å². The van der Waals surface area contributed by atoms with Gasteiger partial charge in [0.25, 0.3) is 5.91 Å². The fourth-order valence-corrected chi connectivity index (χ4v) is 3.28. The fraction of sp³-hybridized carbons (Fsp3) is 0.320. The summed E-state index contributed by atoms with van der Waals surface area (Å²) in [7, 11) is 3.18. The van der Waals surface area contributed by atoms with Crippen molar-refractivity contribution in [2.75, 3.05) is 32.8 Å². The molecule has 2 aromatic carbocycles. The molecular formula is C25H30N4O5. The molecule has 1 unspecified atom stereocenters. The number of rotatable bonds is 12. The van der Waals surface area contributed by atoms with Crippen LogP contribution >= 0.6 is 0 Å². The largest absolute Gasteiger partial charge is 0.493 e. The van der Waals surface area contributed by atoms with Gasteiger partial charge in [0, 0.05) is 43.7 Å². The van der Waals surface area contributed by atoms with Crippen LogP contribution in [0.4, 0.5) is 5.69 Å². The van der Waals surface area contributed by atoms with Crippen molar-refractivity contribution in [2.24, 2.45) is 0 Å². The first-order valence-electron chi connectivity index (χ1n) is 11.0. The zero-order valence-electron chi connectivity index (χ0n) is 19.6. The van der Waals surface area contributed by atoms with E-state index in [1.54, 1.807) is 57.2 Å². The van der Waals surface area contributed by atoms with Crippen LogP contribution < -0.4 is 20.1 Å². The summed E-state index contributed by atoms with van der Waals surface area (Å²) in [5.41, 5.74) is 1.88. The summed E-state index contributed by atoms with van der Waals surface area (Å²) in [6.45, 7) is 3.31. The SMILES string of the molecule is COCCOc1ccc(C(C)NC(=O)c2cccc(NC(=O)CCn3ccnc3)c2)cc1OC. The van der Waals surface area contributed by atoms with Gasteiger partial charge in [-0.25, -0.2) is 4.98 Å². The maximum atomic E-state index is 12.8. The zero-order valence-corrected chi connectivity index (χ0v) is 19.6. The quantitative estimate of drug-likeness (QED) is 0.397. The number of nitrogens with zero attached hydrogens (tertiary/aromatic N) is 2. The van der Waals surface area contributed by atoms with E-state index in [4.69, 9.17) is 14.2 Å². The number of hydrogen-bond donors (Lipinski definition) is 2. The Morgan fingerprint density at radius 2 is 1.94 bits per heavy atom. The van der Waals surface area contributed by atoms with Crippen LogP contribution in [-0.4, -0.2) is 48.8 Å². The van der Waals surface area contributed by atoms with Gasteiger partial charge < -0.3 is 29.4 Å². The monoisotopic (exact) mass is 466 g/mol. The zero-order chi connectivity index (χ0) is 24.3. The van der Waals surface area contributed by atoms with Crippen LogP contribution in [0.1, 0.15) is 35.3 Å². The maximum absolute atomic E-state index is 12.8. The Labute approximate surface area is 199 Å². The van der Waals surface area contributed by atoms with Gasteiger partial charge in [-0.1, -0.05) is 12.1 Å². The minimum Gasteiger partial charge on any atom is -0.493 e. The standard InChI is InChI=1S/C25H30N4O5/c1-18(19-7-8-22(23(16-19)33-3)34-14-13-32-2)27-25(31)20-5-4-6-21(15-20)28-24(30)9-11-29-12-10-26-17-29/h4-8,10,12,15-18H,9,11,13-14H2,1-3H3,(H,27,31)(H,28,30). The predicted molar refractivity (Wildman–Crippen MR) is 128 cm³/mol. The van der Waals surface area contributed by atoms with Crippen molar-refractivity contribution >= 4 is 17.5 Å². The summed E-state index contributed by atoms with van der Waals surface area (Å²) in [5.74, 6) is 0.800. The molecule has 2 N–H and O–H groups in total. The van der Waals surface area contributed by atoms with E-state index >= 15 is 0 Å². The van der Waals surface area contributed by atoms with Crippen molar-refractivity contribution in [1.29, 1.82) is 0 Å². The van der Waals surface area contributed by atoms with Crippen LogP contribution in [0.5, 0.6) is 11.5 Å². The summed E-state index contributed by atoms with van der Waals surface area (Å²) in [6.07, 6.45) is 5.44. The van der Waals surface area contributed by atoms with E-state index in [0.29, 0.717) is 48.9 Å². The number of methoxy groups -OCH3 is 2. The van der Waals surface area contributed by atoms with Crippen LogP contribution in [0, 0.1) is 0 Å². The molecule has 9 nitrogen and oxygen atoms in total. The second kappa shape index (κ2) is 12.4. The first kappa shape index (κ1) is 24.8. The van der Waals surface area contributed by atoms with Crippen molar-refractivity contribution in [1.82, 2.24) is 14.9 Å². The van der Waals surface area contributed by atoms with Gasteiger partial charge in [0.05, 0.1) is 26.1 Å². The number of aromatic nitrogens is 2. The Hall–Kier alpha value is -3.85. The van der Waals surface area contributed by atoms with Crippen LogP contribution in [0.2, 0.25) is 0 Å². The van der Waals surface area contributed by atoms with Crippen molar-refractivity contribution in [2.45, 2.75) is 25.9 Å². The summed E-state index contributed by atoms with van der Waals surface area (Å²) < 4.78 is 17.9. The second-order valence-corrected chi connectivity index (χ2v) is 7.63. The smallest absolute Gasteiger partial charge is 0.251 e. The summed E-state index contributed by atoms with van der Waals surface area (Å²) >= 11 is 0. The number of hydrogen-bond acceptors (Lipinski definition) is 6. The second-order valence-electron chi connectivity index (χ2n) is 7.63. The van der Waals surface area contributed by atoms with Crippen molar-refractivity contribution in [3.8, 4) is 11.5 Å². The molecule has 0 aliphatic carbocycles.